The van der Waals surface area contributed by atoms with Gasteiger partial charge in [0.05, 0.1) is 0 Å². The minimum atomic E-state index is -3.01. The number of rotatable bonds is 4. The third kappa shape index (κ3) is 8.26. The summed E-state index contributed by atoms with van der Waals surface area (Å²) >= 11 is 4.96. The molecule has 0 aliphatic rings. The van der Waals surface area contributed by atoms with Crippen LogP contribution in [0.1, 0.15) is 6.42 Å². The summed E-state index contributed by atoms with van der Waals surface area (Å²) in [5, 5.41) is -0.504. The molecule has 0 radical (unpaired) electrons. The standard InChI is InChI=1S/C4H7ClO3S2/c1-10(7,8)9-3-2-4(5)6/h2-3H2,1H3. The lowest BCUT2D eigenvalue weighted by molar-refractivity contribution is -0.111. The third-order valence-electron chi connectivity index (χ3n) is 0.596. The van der Waals surface area contributed by atoms with Gasteiger partial charge >= 0.3 is 0 Å². The lowest BCUT2D eigenvalue weighted by Gasteiger charge is -1.92. The van der Waals surface area contributed by atoms with Crippen LogP contribution in [0.15, 0.2) is 0 Å². The molecule has 0 amide bonds. The Morgan fingerprint density at radius 3 is 2.40 bits per heavy atom. The molecule has 0 aromatic carbocycles. The summed E-state index contributed by atoms with van der Waals surface area (Å²) in [4.78, 5) is 10.1. The molecule has 0 aromatic heterocycles. The van der Waals surface area contributed by atoms with Gasteiger partial charge < -0.3 is 0 Å². The van der Waals surface area contributed by atoms with Gasteiger partial charge in [0.2, 0.25) is 5.24 Å². The molecule has 10 heavy (non-hydrogen) atoms. The van der Waals surface area contributed by atoms with Crippen molar-refractivity contribution >= 4 is 36.5 Å². The van der Waals surface area contributed by atoms with Crippen LogP contribution >= 0.6 is 22.4 Å². The molecule has 0 fully saturated rings. The molecule has 6 heteroatoms. The lowest BCUT2D eigenvalue weighted by Crippen LogP contribution is -1.94. The highest BCUT2D eigenvalue weighted by Gasteiger charge is 2.03. The van der Waals surface area contributed by atoms with E-state index in [-0.39, 0.29) is 12.2 Å². The second-order valence-electron chi connectivity index (χ2n) is 1.63. The zero-order chi connectivity index (χ0) is 8.20. The summed E-state index contributed by atoms with van der Waals surface area (Å²) in [6.07, 6.45) is 1.19. The first kappa shape index (κ1) is 10.3. The summed E-state index contributed by atoms with van der Waals surface area (Å²) in [5.74, 6) is 0.237. The van der Waals surface area contributed by atoms with Crippen LogP contribution in [-0.2, 0) is 13.7 Å². The predicted octanol–water partition coefficient (Wildman–Crippen LogP) is 0.835. The number of carbonyl (C=O) groups is 1. The number of carbonyl (C=O) groups excluding carboxylic acids is 1. The van der Waals surface area contributed by atoms with Gasteiger partial charge in [-0.05, 0) is 22.4 Å². The van der Waals surface area contributed by atoms with Crippen LogP contribution in [0.4, 0.5) is 0 Å². The summed E-state index contributed by atoms with van der Waals surface area (Å²) < 4.78 is 20.8. The summed E-state index contributed by atoms with van der Waals surface area (Å²) in [7, 11) is -2.29. The summed E-state index contributed by atoms with van der Waals surface area (Å²) in [6.45, 7) is 0. The Hall–Kier alpha value is 0.260. The Bertz CT molecular complexity index is 209. The van der Waals surface area contributed by atoms with Crippen molar-refractivity contribution in [3.63, 3.8) is 0 Å². The largest absolute Gasteiger partial charge is 0.281 e. The van der Waals surface area contributed by atoms with Crippen molar-refractivity contribution < 1.29 is 13.2 Å². The normalized spacial score (nSPS) is 11.4. The minimum Gasteiger partial charge on any atom is -0.281 e. The molecule has 0 atom stereocenters. The monoisotopic (exact) mass is 202 g/mol. The molecule has 0 heterocycles. The zero-order valence-corrected chi connectivity index (χ0v) is 7.72. The molecule has 0 saturated heterocycles. The first-order valence-electron chi connectivity index (χ1n) is 2.44. The van der Waals surface area contributed by atoms with Crippen LogP contribution in [-0.4, -0.2) is 25.7 Å². The maximum atomic E-state index is 10.4. The van der Waals surface area contributed by atoms with Crippen molar-refractivity contribution in [1.82, 2.24) is 0 Å². The highest BCUT2D eigenvalue weighted by atomic mass is 35.5. The van der Waals surface area contributed by atoms with E-state index < -0.39 is 14.1 Å². The third-order valence-corrected chi connectivity index (χ3v) is 3.37. The fourth-order valence-electron chi connectivity index (χ4n) is 0.273. The molecule has 0 bridgehead atoms. The van der Waals surface area contributed by atoms with Crippen molar-refractivity contribution in [2.24, 2.45) is 0 Å². The van der Waals surface area contributed by atoms with E-state index in [2.05, 4.69) is 0 Å². The maximum Gasteiger partial charge on any atom is 0.222 e. The topological polar surface area (TPSA) is 51.2 Å². The van der Waals surface area contributed by atoms with Crippen LogP contribution < -0.4 is 0 Å². The zero-order valence-electron chi connectivity index (χ0n) is 5.33. The van der Waals surface area contributed by atoms with Gasteiger partial charge in [-0.2, -0.15) is 0 Å². The van der Waals surface area contributed by atoms with Gasteiger partial charge in [0.25, 0.3) is 0 Å². The average Bonchev–Trinajstić information content (AvgIpc) is 1.59. The van der Waals surface area contributed by atoms with Crippen LogP contribution in [0.3, 0.4) is 0 Å². The van der Waals surface area contributed by atoms with Crippen LogP contribution in [0.25, 0.3) is 0 Å². The second-order valence-corrected chi connectivity index (χ2v) is 6.63. The van der Waals surface area contributed by atoms with Crippen molar-refractivity contribution in [3.05, 3.63) is 0 Å². The average molecular weight is 203 g/mol. The molecule has 0 N–H and O–H groups in total. The quantitative estimate of drug-likeness (QED) is 0.501. The van der Waals surface area contributed by atoms with Gasteiger partial charge in [0.1, 0.15) is 0 Å². The van der Waals surface area contributed by atoms with Crippen molar-refractivity contribution in [2.45, 2.75) is 6.42 Å². The number of hydrogen-bond acceptors (Lipinski definition) is 4. The minimum absolute atomic E-state index is 0.0965. The molecule has 0 aromatic rings. The Kier molecular flexibility index (Phi) is 4.31. The molecular formula is C4H7ClO3S2. The van der Waals surface area contributed by atoms with E-state index in [1.54, 1.807) is 0 Å². The fourth-order valence-corrected chi connectivity index (χ4v) is 2.21. The van der Waals surface area contributed by atoms with E-state index >= 15 is 0 Å². The van der Waals surface area contributed by atoms with Crippen LogP contribution in [0.5, 0.6) is 0 Å². The molecule has 0 aliphatic heterocycles. The van der Waals surface area contributed by atoms with Gasteiger partial charge in [-0.3, -0.25) is 4.79 Å². The van der Waals surface area contributed by atoms with Gasteiger partial charge in [0, 0.05) is 18.4 Å². The maximum absolute atomic E-state index is 10.4. The number of hydrogen-bond donors (Lipinski definition) is 0. The molecule has 0 saturated carbocycles. The van der Waals surface area contributed by atoms with E-state index in [9.17, 15) is 13.2 Å². The summed E-state index contributed by atoms with van der Waals surface area (Å²) in [6, 6.07) is 0. The molecule has 0 unspecified atom stereocenters. The van der Waals surface area contributed by atoms with E-state index in [1.165, 1.54) is 0 Å². The second kappa shape index (κ2) is 4.20. The number of halogens is 1. The van der Waals surface area contributed by atoms with Crippen molar-refractivity contribution in [2.75, 3.05) is 12.0 Å². The molecule has 0 spiro atoms. The smallest absolute Gasteiger partial charge is 0.222 e. The molecule has 60 valence electrons. The Morgan fingerprint density at radius 2 is 2.10 bits per heavy atom. The van der Waals surface area contributed by atoms with Crippen LogP contribution in [0.2, 0.25) is 0 Å². The fraction of sp³-hybridized carbons (Fsp3) is 0.750. The van der Waals surface area contributed by atoms with E-state index in [4.69, 9.17) is 11.6 Å². The highest BCUT2D eigenvalue weighted by molar-refractivity contribution is 8.71. The van der Waals surface area contributed by atoms with E-state index in [1.807, 2.05) is 0 Å². The van der Waals surface area contributed by atoms with Crippen molar-refractivity contribution in [1.29, 1.82) is 0 Å². The Labute approximate surface area is 68.4 Å². The Morgan fingerprint density at radius 1 is 1.60 bits per heavy atom. The molecule has 3 nitrogen and oxygen atoms in total. The molecule has 0 aliphatic carbocycles. The van der Waals surface area contributed by atoms with E-state index in [0.29, 0.717) is 0 Å². The van der Waals surface area contributed by atoms with Crippen molar-refractivity contribution in [3.8, 4) is 0 Å². The highest BCUT2D eigenvalue weighted by Crippen LogP contribution is 2.11. The van der Waals surface area contributed by atoms with E-state index in [0.717, 1.165) is 17.0 Å². The summed E-state index contributed by atoms with van der Waals surface area (Å²) in [5.41, 5.74) is 0. The van der Waals surface area contributed by atoms with Gasteiger partial charge in [-0.25, -0.2) is 8.42 Å². The first-order valence-corrected chi connectivity index (χ1v) is 6.22. The van der Waals surface area contributed by atoms with Gasteiger partial charge in [-0.15, -0.1) is 0 Å². The first-order chi connectivity index (χ1) is 4.42. The predicted molar refractivity (Wildman–Crippen MR) is 42.8 cm³/mol. The lowest BCUT2D eigenvalue weighted by atomic mass is 10.6. The Balaban J connectivity index is 3.49. The van der Waals surface area contributed by atoms with Gasteiger partial charge in [-0.1, -0.05) is 0 Å². The SMILES string of the molecule is CS(=O)(=O)SCCC(=O)Cl. The van der Waals surface area contributed by atoms with Gasteiger partial charge in [0.15, 0.2) is 8.87 Å². The molecular weight excluding hydrogens is 196 g/mol. The van der Waals surface area contributed by atoms with Crippen LogP contribution in [0, 0.1) is 0 Å². The molecule has 0 rings (SSSR count).